The summed E-state index contributed by atoms with van der Waals surface area (Å²) in [5, 5.41) is 6.12. The van der Waals surface area contributed by atoms with E-state index in [0.717, 1.165) is 38.8 Å². The molecule has 0 aliphatic rings. The van der Waals surface area contributed by atoms with E-state index in [0.29, 0.717) is 0 Å². The number of imidazole rings is 1. The van der Waals surface area contributed by atoms with E-state index in [2.05, 4.69) is 114 Å². The van der Waals surface area contributed by atoms with E-state index in [1.807, 2.05) is 18.2 Å². The van der Waals surface area contributed by atoms with Gasteiger partial charge in [0, 0.05) is 17.1 Å². The first kappa shape index (κ1) is 20.2. The van der Waals surface area contributed by atoms with Crippen LogP contribution in [0.3, 0.4) is 0 Å². The number of benzene rings is 5. The van der Waals surface area contributed by atoms with Crippen LogP contribution in [0.4, 0.5) is 0 Å². The molecule has 3 nitrogen and oxygen atoms in total. The van der Waals surface area contributed by atoms with Gasteiger partial charge in [-0.25, -0.2) is 9.97 Å². The Labute approximate surface area is 213 Å². The van der Waals surface area contributed by atoms with Crippen molar-refractivity contribution in [1.82, 2.24) is 14.4 Å². The molecule has 8 rings (SSSR count). The molecular formula is C34H21N3. The van der Waals surface area contributed by atoms with Crippen molar-refractivity contribution in [2.45, 2.75) is 0 Å². The molecule has 0 N–H and O–H groups in total. The Bertz CT molecular complexity index is 2150. The van der Waals surface area contributed by atoms with Crippen LogP contribution in [0.1, 0.15) is 0 Å². The Balaban J connectivity index is 1.44. The fourth-order valence-corrected chi connectivity index (χ4v) is 5.68. The van der Waals surface area contributed by atoms with Crippen LogP contribution < -0.4 is 0 Å². The Morgan fingerprint density at radius 1 is 0.514 bits per heavy atom. The summed E-state index contributed by atoms with van der Waals surface area (Å²) in [6.07, 6.45) is 2.07. The van der Waals surface area contributed by atoms with Crippen molar-refractivity contribution < 1.29 is 0 Å². The number of hydrogen-bond acceptors (Lipinski definition) is 2. The van der Waals surface area contributed by atoms with Gasteiger partial charge in [0.15, 0.2) is 0 Å². The molecule has 0 radical (unpaired) electrons. The first-order chi connectivity index (χ1) is 18.3. The number of para-hydroxylation sites is 1. The van der Waals surface area contributed by atoms with Crippen molar-refractivity contribution in [3.8, 4) is 22.4 Å². The van der Waals surface area contributed by atoms with Crippen LogP contribution in [0.15, 0.2) is 128 Å². The summed E-state index contributed by atoms with van der Waals surface area (Å²) in [5.74, 6) is 0. The summed E-state index contributed by atoms with van der Waals surface area (Å²) >= 11 is 0. The lowest BCUT2D eigenvalue weighted by atomic mass is 9.92. The highest BCUT2D eigenvalue weighted by Gasteiger charge is 2.17. The molecule has 172 valence electrons. The van der Waals surface area contributed by atoms with Gasteiger partial charge >= 0.3 is 0 Å². The molecule has 3 aromatic heterocycles. The highest BCUT2D eigenvalue weighted by atomic mass is 15.0. The molecule has 0 bridgehead atoms. The number of pyridine rings is 2. The number of nitrogens with zero attached hydrogens (tertiary/aromatic N) is 3. The Morgan fingerprint density at radius 3 is 2.16 bits per heavy atom. The minimum Gasteiger partial charge on any atom is -0.298 e. The zero-order chi connectivity index (χ0) is 24.3. The molecular weight excluding hydrogens is 450 g/mol. The molecule has 3 heteroatoms. The van der Waals surface area contributed by atoms with E-state index in [1.165, 1.54) is 32.7 Å². The van der Waals surface area contributed by atoms with Gasteiger partial charge in [-0.1, -0.05) is 91.0 Å². The van der Waals surface area contributed by atoms with Gasteiger partial charge in [0.05, 0.1) is 16.7 Å². The van der Waals surface area contributed by atoms with Crippen LogP contribution in [0.25, 0.3) is 71.5 Å². The SMILES string of the molecule is c1cc(-c2cc3ccccc3c3ccccc23)cc(-c2nc3ccccc3c3nc4ccccn4c23)c1. The molecule has 0 saturated heterocycles. The Morgan fingerprint density at radius 2 is 1.24 bits per heavy atom. The molecule has 0 atom stereocenters. The van der Waals surface area contributed by atoms with Gasteiger partial charge in [0.1, 0.15) is 11.2 Å². The minimum atomic E-state index is 0.925. The summed E-state index contributed by atoms with van der Waals surface area (Å²) in [5.41, 5.74) is 8.32. The number of rotatable bonds is 2. The number of aromatic nitrogens is 3. The second kappa shape index (κ2) is 7.74. The zero-order valence-corrected chi connectivity index (χ0v) is 20.0. The van der Waals surface area contributed by atoms with Crippen molar-refractivity contribution in [1.29, 1.82) is 0 Å². The molecule has 0 aliphatic heterocycles. The summed E-state index contributed by atoms with van der Waals surface area (Å²) in [7, 11) is 0. The molecule has 0 fully saturated rings. The van der Waals surface area contributed by atoms with Gasteiger partial charge in [0.2, 0.25) is 0 Å². The van der Waals surface area contributed by atoms with Crippen molar-refractivity contribution in [2.24, 2.45) is 0 Å². The van der Waals surface area contributed by atoms with Gasteiger partial charge in [-0.2, -0.15) is 0 Å². The monoisotopic (exact) mass is 471 g/mol. The second-order valence-corrected chi connectivity index (χ2v) is 9.49. The maximum atomic E-state index is 5.18. The highest BCUT2D eigenvalue weighted by molar-refractivity contribution is 6.14. The zero-order valence-electron chi connectivity index (χ0n) is 20.0. The van der Waals surface area contributed by atoms with Gasteiger partial charge < -0.3 is 0 Å². The van der Waals surface area contributed by atoms with E-state index in [9.17, 15) is 0 Å². The third-order valence-corrected chi connectivity index (χ3v) is 7.36. The molecule has 37 heavy (non-hydrogen) atoms. The van der Waals surface area contributed by atoms with Crippen LogP contribution in [0.5, 0.6) is 0 Å². The third-order valence-electron chi connectivity index (χ3n) is 7.36. The predicted octanol–water partition coefficient (Wildman–Crippen LogP) is 8.68. The fraction of sp³-hybridized carbons (Fsp3) is 0. The van der Waals surface area contributed by atoms with E-state index in [4.69, 9.17) is 9.97 Å². The van der Waals surface area contributed by atoms with Gasteiger partial charge in [0.25, 0.3) is 0 Å². The predicted molar refractivity (Wildman–Crippen MR) is 154 cm³/mol. The van der Waals surface area contributed by atoms with Gasteiger partial charge in [-0.05, 0) is 63.0 Å². The largest absolute Gasteiger partial charge is 0.298 e. The standard InChI is InChI=1S/C34H21N3/c1-2-13-25-23(10-1)21-29(27-15-4-3-14-26(25)27)22-11-9-12-24(20-22)32-34-33(28-16-5-6-17-30(28)35-32)36-31-18-7-8-19-37(31)34/h1-21H. The average molecular weight is 472 g/mol. The van der Waals surface area contributed by atoms with Crippen LogP contribution in [0, 0.1) is 0 Å². The van der Waals surface area contributed by atoms with E-state index in [-0.39, 0.29) is 0 Å². The number of fused-ring (bicyclic) bond motifs is 8. The number of hydrogen-bond donors (Lipinski definition) is 0. The van der Waals surface area contributed by atoms with Crippen LogP contribution in [-0.4, -0.2) is 14.4 Å². The molecule has 0 saturated carbocycles. The molecule has 3 heterocycles. The normalized spacial score (nSPS) is 11.8. The molecule has 0 unspecified atom stereocenters. The topological polar surface area (TPSA) is 30.2 Å². The van der Waals surface area contributed by atoms with E-state index >= 15 is 0 Å². The molecule has 0 aliphatic carbocycles. The van der Waals surface area contributed by atoms with Gasteiger partial charge in [-0.3, -0.25) is 4.40 Å². The van der Waals surface area contributed by atoms with Crippen molar-refractivity contribution in [3.05, 3.63) is 128 Å². The smallest absolute Gasteiger partial charge is 0.137 e. The van der Waals surface area contributed by atoms with Crippen molar-refractivity contribution in [3.63, 3.8) is 0 Å². The van der Waals surface area contributed by atoms with Crippen molar-refractivity contribution >= 4 is 49.1 Å². The van der Waals surface area contributed by atoms with E-state index < -0.39 is 0 Å². The lowest BCUT2D eigenvalue weighted by Crippen LogP contribution is -1.92. The Hall–Kier alpha value is -5.02. The van der Waals surface area contributed by atoms with Crippen molar-refractivity contribution in [2.75, 3.05) is 0 Å². The first-order valence-electron chi connectivity index (χ1n) is 12.5. The minimum absolute atomic E-state index is 0.925. The van der Waals surface area contributed by atoms with Crippen LogP contribution >= 0.6 is 0 Å². The molecule has 0 spiro atoms. The lowest BCUT2D eigenvalue weighted by molar-refractivity contribution is 1.22. The maximum Gasteiger partial charge on any atom is 0.137 e. The van der Waals surface area contributed by atoms with E-state index in [1.54, 1.807) is 0 Å². The van der Waals surface area contributed by atoms with Crippen LogP contribution in [0.2, 0.25) is 0 Å². The van der Waals surface area contributed by atoms with Crippen LogP contribution in [-0.2, 0) is 0 Å². The first-order valence-corrected chi connectivity index (χ1v) is 12.5. The summed E-state index contributed by atoms with van der Waals surface area (Å²) in [6, 6.07) is 42.8. The maximum absolute atomic E-state index is 5.18. The summed E-state index contributed by atoms with van der Waals surface area (Å²) in [6.45, 7) is 0. The highest BCUT2D eigenvalue weighted by Crippen LogP contribution is 2.38. The molecule has 5 aromatic carbocycles. The molecule has 8 aromatic rings. The summed E-state index contributed by atoms with van der Waals surface area (Å²) < 4.78 is 2.15. The lowest BCUT2D eigenvalue weighted by Gasteiger charge is -2.13. The fourth-order valence-electron chi connectivity index (χ4n) is 5.68. The Kier molecular flexibility index (Phi) is 4.23. The second-order valence-electron chi connectivity index (χ2n) is 9.49. The average Bonchev–Trinajstić information content (AvgIpc) is 3.36. The third kappa shape index (κ3) is 3.01. The van der Waals surface area contributed by atoms with Gasteiger partial charge in [-0.15, -0.1) is 0 Å². The quantitative estimate of drug-likeness (QED) is 0.236. The summed E-state index contributed by atoms with van der Waals surface area (Å²) in [4.78, 5) is 10.2. The molecule has 0 amide bonds.